The number of rotatable bonds is 2. The van der Waals surface area contributed by atoms with Gasteiger partial charge in [0.15, 0.2) is 0 Å². The Morgan fingerprint density at radius 1 is 1.53 bits per heavy atom. The van der Waals surface area contributed by atoms with E-state index in [2.05, 4.69) is 21.2 Å². The highest BCUT2D eigenvalue weighted by Crippen LogP contribution is 2.23. The SMILES string of the molecule is O=C1NCCC1Cc1ccc(F)cc1Br. The number of halogens is 2. The first-order valence-electron chi connectivity index (χ1n) is 4.88. The van der Waals surface area contributed by atoms with E-state index in [4.69, 9.17) is 0 Å². The van der Waals surface area contributed by atoms with Gasteiger partial charge in [-0.3, -0.25) is 4.79 Å². The van der Waals surface area contributed by atoms with Crippen LogP contribution in [0.5, 0.6) is 0 Å². The Hall–Kier alpha value is -0.900. The van der Waals surface area contributed by atoms with Crippen LogP contribution in [0.2, 0.25) is 0 Å². The summed E-state index contributed by atoms with van der Waals surface area (Å²) in [6.45, 7) is 0.752. The summed E-state index contributed by atoms with van der Waals surface area (Å²) in [4.78, 5) is 11.4. The number of hydrogen-bond donors (Lipinski definition) is 1. The van der Waals surface area contributed by atoms with Crippen molar-refractivity contribution in [3.8, 4) is 0 Å². The third-order valence-electron chi connectivity index (χ3n) is 2.64. The van der Waals surface area contributed by atoms with Crippen LogP contribution in [-0.2, 0) is 11.2 Å². The van der Waals surface area contributed by atoms with Gasteiger partial charge in [-0.1, -0.05) is 22.0 Å². The van der Waals surface area contributed by atoms with Crippen LogP contribution >= 0.6 is 15.9 Å². The maximum Gasteiger partial charge on any atom is 0.223 e. The van der Waals surface area contributed by atoms with Gasteiger partial charge >= 0.3 is 0 Å². The van der Waals surface area contributed by atoms with Gasteiger partial charge in [-0.05, 0) is 30.5 Å². The first-order valence-corrected chi connectivity index (χ1v) is 5.68. The van der Waals surface area contributed by atoms with Crippen molar-refractivity contribution in [2.24, 2.45) is 5.92 Å². The summed E-state index contributed by atoms with van der Waals surface area (Å²) in [5.74, 6) is -0.125. The molecule has 1 aliphatic rings. The summed E-state index contributed by atoms with van der Waals surface area (Å²) >= 11 is 3.30. The molecule has 0 saturated carbocycles. The summed E-state index contributed by atoms with van der Waals surface area (Å²) in [5, 5.41) is 2.79. The first kappa shape index (κ1) is 10.6. The summed E-state index contributed by atoms with van der Waals surface area (Å²) in [7, 11) is 0. The number of hydrogen-bond acceptors (Lipinski definition) is 1. The molecule has 1 aliphatic heterocycles. The maximum atomic E-state index is 12.8. The molecule has 80 valence electrons. The van der Waals surface area contributed by atoms with E-state index in [1.165, 1.54) is 12.1 Å². The zero-order valence-corrected chi connectivity index (χ0v) is 9.68. The predicted octanol–water partition coefficient (Wildman–Crippen LogP) is 2.27. The largest absolute Gasteiger partial charge is 0.356 e. The molecular formula is C11H11BrFNO. The second kappa shape index (κ2) is 4.31. The van der Waals surface area contributed by atoms with E-state index in [9.17, 15) is 9.18 Å². The zero-order valence-electron chi connectivity index (χ0n) is 8.09. The van der Waals surface area contributed by atoms with Gasteiger partial charge in [-0.15, -0.1) is 0 Å². The molecule has 0 spiro atoms. The summed E-state index contributed by atoms with van der Waals surface area (Å²) < 4.78 is 13.6. The molecule has 1 aromatic rings. The molecule has 0 aromatic heterocycles. The van der Waals surface area contributed by atoms with Crippen molar-refractivity contribution in [3.63, 3.8) is 0 Å². The minimum absolute atomic E-state index is 0.0340. The Bertz CT molecular complexity index is 394. The van der Waals surface area contributed by atoms with E-state index in [-0.39, 0.29) is 17.6 Å². The zero-order chi connectivity index (χ0) is 10.8. The fraction of sp³-hybridized carbons (Fsp3) is 0.364. The van der Waals surface area contributed by atoms with Gasteiger partial charge in [0.2, 0.25) is 5.91 Å². The van der Waals surface area contributed by atoms with Crippen LogP contribution in [0.25, 0.3) is 0 Å². The Morgan fingerprint density at radius 3 is 2.93 bits per heavy atom. The standard InChI is InChI=1S/C11H11BrFNO/c12-10-6-9(13)2-1-7(10)5-8-3-4-14-11(8)15/h1-2,6,8H,3-5H2,(H,14,15). The number of carbonyl (C=O) groups excluding carboxylic acids is 1. The second-order valence-electron chi connectivity index (χ2n) is 3.72. The average molecular weight is 272 g/mol. The number of nitrogens with one attached hydrogen (secondary N) is 1. The molecule has 2 nitrogen and oxygen atoms in total. The monoisotopic (exact) mass is 271 g/mol. The summed E-state index contributed by atoms with van der Waals surface area (Å²) in [6.07, 6.45) is 1.54. The first-order chi connectivity index (χ1) is 7.16. The molecule has 1 saturated heterocycles. The van der Waals surface area contributed by atoms with Crippen molar-refractivity contribution in [3.05, 3.63) is 34.1 Å². The number of amides is 1. The molecular weight excluding hydrogens is 261 g/mol. The average Bonchev–Trinajstić information content (AvgIpc) is 2.57. The minimum atomic E-state index is -0.263. The van der Waals surface area contributed by atoms with Crippen LogP contribution in [0.15, 0.2) is 22.7 Å². The Labute approximate surface area is 96.0 Å². The minimum Gasteiger partial charge on any atom is -0.356 e. The summed E-state index contributed by atoms with van der Waals surface area (Å²) in [6, 6.07) is 4.58. The molecule has 4 heteroatoms. The Kier molecular flexibility index (Phi) is 3.05. The molecule has 1 N–H and O–H groups in total. The topological polar surface area (TPSA) is 29.1 Å². The second-order valence-corrected chi connectivity index (χ2v) is 4.57. The van der Waals surface area contributed by atoms with E-state index >= 15 is 0 Å². The van der Waals surface area contributed by atoms with Crippen LogP contribution in [0.1, 0.15) is 12.0 Å². The molecule has 1 fully saturated rings. The highest BCUT2D eigenvalue weighted by atomic mass is 79.9. The molecule has 1 atom stereocenters. The highest BCUT2D eigenvalue weighted by Gasteiger charge is 2.24. The van der Waals surface area contributed by atoms with Gasteiger partial charge in [-0.25, -0.2) is 4.39 Å². The van der Waals surface area contributed by atoms with Crippen molar-refractivity contribution in [1.29, 1.82) is 0 Å². The quantitative estimate of drug-likeness (QED) is 0.879. The molecule has 0 aliphatic carbocycles. The predicted molar refractivity (Wildman–Crippen MR) is 58.9 cm³/mol. The normalized spacial score (nSPS) is 20.4. The lowest BCUT2D eigenvalue weighted by Crippen LogP contribution is -2.20. The van der Waals surface area contributed by atoms with Crippen LogP contribution in [0.4, 0.5) is 4.39 Å². The van der Waals surface area contributed by atoms with Gasteiger partial charge in [0, 0.05) is 16.9 Å². The Balaban J connectivity index is 2.13. The van der Waals surface area contributed by atoms with E-state index in [0.29, 0.717) is 6.42 Å². The van der Waals surface area contributed by atoms with Crippen LogP contribution in [-0.4, -0.2) is 12.5 Å². The van der Waals surface area contributed by atoms with E-state index < -0.39 is 0 Å². The molecule has 0 bridgehead atoms. The lowest BCUT2D eigenvalue weighted by molar-refractivity contribution is -0.122. The smallest absolute Gasteiger partial charge is 0.223 e. The van der Waals surface area contributed by atoms with Crippen molar-refractivity contribution in [1.82, 2.24) is 5.32 Å². The highest BCUT2D eigenvalue weighted by molar-refractivity contribution is 9.10. The third-order valence-corrected chi connectivity index (χ3v) is 3.38. The third kappa shape index (κ3) is 2.37. The molecule has 1 amide bonds. The van der Waals surface area contributed by atoms with Crippen LogP contribution in [0.3, 0.4) is 0 Å². The fourth-order valence-electron chi connectivity index (χ4n) is 1.79. The number of benzene rings is 1. The van der Waals surface area contributed by atoms with Crippen molar-refractivity contribution in [2.45, 2.75) is 12.8 Å². The van der Waals surface area contributed by atoms with Crippen molar-refractivity contribution >= 4 is 21.8 Å². The molecule has 15 heavy (non-hydrogen) atoms. The van der Waals surface area contributed by atoms with Gasteiger partial charge in [-0.2, -0.15) is 0 Å². The van der Waals surface area contributed by atoms with Crippen LogP contribution < -0.4 is 5.32 Å². The molecule has 1 heterocycles. The molecule has 0 radical (unpaired) electrons. The van der Waals surface area contributed by atoms with E-state index in [1.807, 2.05) is 0 Å². The van der Waals surface area contributed by atoms with Gasteiger partial charge in [0.25, 0.3) is 0 Å². The number of carbonyl (C=O) groups is 1. The lowest BCUT2D eigenvalue weighted by atomic mass is 9.98. The van der Waals surface area contributed by atoms with Crippen molar-refractivity contribution in [2.75, 3.05) is 6.54 Å². The molecule has 1 aromatic carbocycles. The van der Waals surface area contributed by atoms with Gasteiger partial charge in [0.1, 0.15) is 5.82 Å². The van der Waals surface area contributed by atoms with E-state index in [1.54, 1.807) is 6.07 Å². The summed E-state index contributed by atoms with van der Waals surface area (Å²) in [5.41, 5.74) is 0.985. The van der Waals surface area contributed by atoms with Gasteiger partial charge < -0.3 is 5.32 Å². The molecule has 1 unspecified atom stereocenters. The fourth-order valence-corrected chi connectivity index (χ4v) is 2.31. The Morgan fingerprint density at radius 2 is 2.33 bits per heavy atom. The lowest BCUT2D eigenvalue weighted by Gasteiger charge is -2.08. The van der Waals surface area contributed by atoms with Crippen LogP contribution in [0, 0.1) is 11.7 Å². The van der Waals surface area contributed by atoms with Crippen molar-refractivity contribution < 1.29 is 9.18 Å². The molecule has 2 rings (SSSR count). The van der Waals surface area contributed by atoms with Gasteiger partial charge in [0.05, 0.1) is 0 Å². The maximum absolute atomic E-state index is 12.8. The van der Waals surface area contributed by atoms with E-state index in [0.717, 1.165) is 23.0 Å².